The van der Waals surface area contributed by atoms with Crippen LogP contribution in [0.25, 0.3) is 10.2 Å². The summed E-state index contributed by atoms with van der Waals surface area (Å²) in [7, 11) is 0. The summed E-state index contributed by atoms with van der Waals surface area (Å²) in [6.07, 6.45) is 7.39. The highest BCUT2D eigenvalue weighted by atomic mass is 32.1. The van der Waals surface area contributed by atoms with Crippen LogP contribution in [0.2, 0.25) is 0 Å². The molecule has 4 saturated carbocycles. The molecule has 4 aliphatic rings. The first kappa shape index (κ1) is 22.5. The van der Waals surface area contributed by atoms with Crippen LogP contribution in [-0.4, -0.2) is 22.5 Å². The van der Waals surface area contributed by atoms with E-state index in [-0.39, 0.29) is 17.5 Å². The van der Waals surface area contributed by atoms with E-state index in [1.165, 1.54) is 36.2 Å². The molecule has 182 valence electrons. The van der Waals surface area contributed by atoms with Gasteiger partial charge in [-0.2, -0.15) is 0 Å². The lowest BCUT2D eigenvalue weighted by molar-refractivity contribution is -0.0127. The molecule has 0 aliphatic heterocycles. The Kier molecular flexibility index (Phi) is 5.36. The number of aromatic nitrogens is 1. The largest absolute Gasteiger partial charge is 0.332 e. The quantitative estimate of drug-likeness (QED) is 0.389. The molecule has 1 heterocycles. The lowest BCUT2D eigenvalue weighted by Crippen LogP contribution is -2.60. The van der Waals surface area contributed by atoms with Gasteiger partial charge in [0.2, 0.25) is 0 Å². The van der Waals surface area contributed by atoms with E-state index in [1.54, 1.807) is 6.07 Å². The van der Waals surface area contributed by atoms with Gasteiger partial charge in [0.05, 0.1) is 10.2 Å². The number of nitrogens with one attached hydrogen (secondary N) is 3. The molecule has 4 aliphatic carbocycles. The first-order valence-corrected chi connectivity index (χ1v) is 13.5. The van der Waals surface area contributed by atoms with Gasteiger partial charge in [-0.05, 0) is 106 Å². The zero-order chi connectivity index (χ0) is 24.3. The van der Waals surface area contributed by atoms with E-state index in [4.69, 9.17) is 0 Å². The fourth-order valence-corrected chi connectivity index (χ4v) is 8.22. The molecule has 3 N–H and O–H groups in total. The fraction of sp³-hybridized carbons (Fsp3) is 0.464. The van der Waals surface area contributed by atoms with Crippen molar-refractivity contribution in [2.45, 2.75) is 64.8 Å². The van der Waals surface area contributed by atoms with E-state index in [0.717, 1.165) is 64.0 Å². The van der Waals surface area contributed by atoms with Crippen LogP contribution in [0.15, 0.2) is 30.3 Å². The van der Waals surface area contributed by atoms with Crippen molar-refractivity contribution in [3.63, 3.8) is 0 Å². The fourth-order valence-electron chi connectivity index (χ4n) is 7.32. The molecule has 35 heavy (non-hydrogen) atoms. The Hall–Kier alpha value is -2.93. The molecule has 7 rings (SSSR count). The maximum absolute atomic E-state index is 13.0. The van der Waals surface area contributed by atoms with E-state index in [9.17, 15) is 9.59 Å². The maximum atomic E-state index is 13.0. The van der Waals surface area contributed by atoms with E-state index in [1.807, 2.05) is 26.0 Å². The van der Waals surface area contributed by atoms with Gasteiger partial charge < -0.3 is 10.6 Å². The van der Waals surface area contributed by atoms with Crippen molar-refractivity contribution < 1.29 is 9.59 Å². The number of amides is 3. The summed E-state index contributed by atoms with van der Waals surface area (Å²) in [5.74, 6) is 2.19. The molecular formula is C28H32N4O2S. The van der Waals surface area contributed by atoms with Gasteiger partial charge in [0.25, 0.3) is 5.91 Å². The molecule has 0 unspecified atom stereocenters. The van der Waals surface area contributed by atoms with Crippen molar-refractivity contribution in [2.24, 2.45) is 17.8 Å². The minimum atomic E-state index is -0.158. The second-order valence-corrected chi connectivity index (χ2v) is 12.2. The molecule has 0 saturated heterocycles. The Morgan fingerprint density at radius 2 is 1.54 bits per heavy atom. The monoisotopic (exact) mass is 488 g/mol. The summed E-state index contributed by atoms with van der Waals surface area (Å²) in [5.41, 5.74) is 5.44. The van der Waals surface area contributed by atoms with Gasteiger partial charge in [-0.1, -0.05) is 29.0 Å². The van der Waals surface area contributed by atoms with Crippen molar-refractivity contribution in [1.82, 2.24) is 10.3 Å². The van der Waals surface area contributed by atoms with Crippen LogP contribution in [0, 0.1) is 38.5 Å². The van der Waals surface area contributed by atoms with Crippen molar-refractivity contribution >= 4 is 44.3 Å². The first-order valence-electron chi connectivity index (χ1n) is 12.6. The molecule has 3 amide bonds. The maximum Gasteiger partial charge on any atom is 0.321 e. The highest BCUT2D eigenvalue weighted by Gasteiger charge is 2.51. The average molecular weight is 489 g/mol. The van der Waals surface area contributed by atoms with Crippen molar-refractivity contribution in [3.05, 3.63) is 52.6 Å². The first-order chi connectivity index (χ1) is 16.7. The average Bonchev–Trinajstić information content (AvgIpc) is 3.15. The number of aryl methyl sites for hydroxylation is 3. The van der Waals surface area contributed by atoms with Crippen LogP contribution in [0.3, 0.4) is 0 Å². The molecule has 3 aromatic rings. The van der Waals surface area contributed by atoms with Crippen LogP contribution in [0.5, 0.6) is 0 Å². The third-order valence-electron chi connectivity index (χ3n) is 8.20. The van der Waals surface area contributed by atoms with Crippen LogP contribution in [0.1, 0.15) is 65.6 Å². The second kappa shape index (κ2) is 8.33. The Balaban J connectivity index is 1.15. The molecule has 4 fully saturated rings. The summed E-state index contributed by atoms with van der Waals surface area (Å²) < 4.78 is 0.875. The summed E-state index contributed by atoms with van der Waals surface area (Å²) >= 11 is 1.40. The normalized spacial score (nSPS) is 26.7. The Morgan fingerprint density at radius 1 is 0.914 bits per heavy atom. The molecule has 0 radical (unpaired) electrons. The number of benzene rings is 2. The van der Waals surface area contributed by atoms with Gasteiger partial charge in [0.15, 0.2) is 5.13 Å². The minimum absolute atomic E-state index is 0.0347. The number of nitrogens with zero attached hydrogens (tertiary/aromatic N) is 1. The van der Waals surface area contributed by atoms with E-state index in [2.05, 4.69) is 40.0 Å². The van der Waals surface area contributed by atoms with Gasteiger partial charge in [0.1, 0.15) is 0 Å². The SMILES string of the molecule is Cc1cc(C)c(NC(=O)c2ccc3nc(NC(=O)NC45CC6CC(CC(C6)C4)C5)sc3c2)c(C)c1. The molecule has 0 atom stereocenters. The lowest BCUT2D eigenvalue weighted by atomic mass is 9.53. The number of carbonyl (C=O) groups is 2. The highest BCUT2D eigenvalue weighted by Crippen LogP contribution is 2.55. The Bertz CT molecular complexity index is 1290. The van der Waals surface area contributed by atoms with Crippen LogP contribution in [-0.2, 0) is 0 Å². The highest BCUT2D eigenvalue weighted by molar-refractivity contribution is 7.22. The lowest BCUT2D eigenvalue weighted by Gasteiger charge is -2.56. The molecule has 1 aromatic heterocycles. The van der Waals surface area contributed by atoms with E-state index in [0.29, 0.717) is 10.7 Å². The van der Waals surface area contributed by atoms with Gasteiger partial charge in [-0.15, -0.1) is 0 Å². The Labute approximate surface area is 209 Å². The van der Waals surface area contributed by atoms with Gasteiger partial charge in [0, 0.05) is 16.8 Å². The van der Waals surface area contributed by atoms with Crippen LogP contribution >= 0.6 is 11.3 Å². The van der Waals surface area contributed by atoms with Gasteiger partial charge in [-0.25, -0.2) is 9.78 Å². The summed E-state index contributed by atoms with van der Waals surface area (Å²) in [6.45, 7) is 6.07. The molecule has 0 spiro atoms. The van der Waals surface area contributed by atoms with Crippen molar-refractivity contribution in [3.8, 4) is 0 Å². The number of hydrogen-bond acceptors (Lipinski definition) is 4. The molecule has 7 heteroatoms. The molecular weight excluding hydrogens is 456 g/mol. The predicted molar refractivity (Wildman–Crippen MR) is 141 cm³/mol. The zero-order valence-corrected chi connectivity index (χ0v) is 21.3. The standard InChI is InChI=1S/C28H32N4O2S/c1-15-6-16(2)24(17(3)7-15)30-25(33)21-4-5-22-23(11-21)35-27(29-22)31-26(34)32-28-12-18-8-19(13-28)10-20(9-18)14-28/h4-7,11,18-20H,8-10,12-14H2,1-3H3,(H,30,33)(H2,29,31,32,34). The topological polar surface area (TPSA) is 83.1 Å². The second-order valence-electron chi connectivity index (χ2n) is 11.2. The smallest absolute Gasteiger partial charge is 0.321 e. The summed E-state index contributed by atoms with van der Waals surface area (Å²) in [4.78, 5) is 30.5. The number of urea groups is 1. The van der Waals surface area contributed by atoms with Gasteiger partial charge >= 0.3 is 6.03 Å². The predicted octanol–water partition coefficient (Wildman–Crippen LogP) is 6.56. The number of carbonyl (C=O) groups excluding carboxylic acids is 2. The number of rotatable bonds is 4. The van der Waals surface area contributed by atoms with Crippen molar-refractivity contribution in [2.75, 3.05) is 10.6 Å². The number of fused-ring (bicyclic) bond motifs is 1. The van der Waals surface area contributed by atoms with Gasteiger partial charge in [-0.3, -0.25) is 10.1 Å². The minimum Gasteiger partial charge on any atom is -0.332 e. The number of hydrogen-bond donors (Lipinski definition) is 3. The number of thiazole rings is 1. The third kappa shape index (κ3) is 4.31. The Morgan fingerprint density at radius 3 is 2.17 bits per heavy atom. The van der Waals surface area contributed by atoms with Crippen molar-refractivity contribution in [1.29, 1.82) is 0 Å². The zero-order valence-electron chi connectivity index (χ0n) is 20.5. The summed E-state index contributed by atoms with van der Waals surface area (Å²) in [5, 5.41) is 9.94. The molecule has 4 bridgehead atoms. The van der Waals surface area contributed by atoms with Crippen LogP contribution < -0.4 is 16.0 Å². The molecule has 2 aromatic carbocycles. The van der Waals surface area contributed by atoms with E-state index < -0.39 is 0 Å². The molecule has 6 nitrogen and oxygen atoms in total. The number of anilines is 2. The van der Waals surface area contributed by atoms with Crippen LogP contribution in [0.4, 0.5) is 15.6 Å². The van der Waals surface area contributed by atoms with E-state index >= 15 is 0 Å². The third-order valence-corrected chi connectivity index (χ3v) is 9.14. The summed E-state index contributed by atoms with van der Waals surface area (Å²) in [6, 6.07) is 9.47.